The molecule has 1 aliphatic rings. The van der Waals surface area contributed by atoms with E-state index in [4.69, 9.17) is 10.5 Å². The largest absolute Gasteiger partial charge is 0.383 e. The van der Waals surface area contributed by atoms with Crippen LogP contribution in [-0.4, -0.2) is 44.3 Å². The third-order valence-corrected chi connectivity index (χ3v) is 2.72. The highest BCUT2D eigenvalue weighted by Crippen LogP contribution is 2.18. The summed E-state index contributed by atoms with van der Waals surface area (Å²) in [5.74, 6) is 0.643. The van der Waals surface area contributed by atoms with E-state index in [2.05, 4.69) is 11.8 Å². The van der Waals surface area contributed by atoms with E-state index in [1.807, 2.05) is 0 Å². The number of nitrogens with zero attached hydrogens (tertiary/aromatic N) is 1. The van der Waals surface area contributed by atoms with Crippen LogP contribution in [0.15, 0.2) is 0 Å². The lowest BCUT2D eigenvalue weighted by Crippen LogP contribution is -2.36. The summed E-state index contributed by atoms with van der Waals surface area (Å²) in [6.45, 7) is 6.41. The third-order valence-electron chi connectivity index (χ3n) is 2.72. The van der Waals surface area contributed by atoms with Gasteiger partial charge >= 0.3 is 0 Å². The van der Waals surface area contributed by atoms with Crippen LogP contribution in [0.25, 0.3) is 0 Å². The van der Waals surface area contributed by atoms with Crippen LogP contribution in [0, 0.1) is 5.92 Å². The minimum Gasteiger partial charge on any atom is -0.383 e. The number of methoxy groups -OCH3 is 1. The Balaban J connectivity index is 2.25. The van der Waals surface area contributed by atoms with Crippen LogP contribution in [0.1, 0.15) is 13.3 Å². The Kier molecular flexibility index (Phi) is 3.98. The molecule has 1 aliphatic heterocycles. The lowest BCUT2D eigenvalue weighted by molar-refractivity contribution is 0.157. The number of hydrogen-bond acceptors (Lipinski definition) is 3. The van der Waals surface area contributed by atoms with Gasteiger partial charge in [-0.2, -0.15) is 0 Å². The molecule has 2 N–H and O–H groups in total. The van der Waals surface area contributed by atoms with Crippen molar-refractivity contribution in [1.82, 2.24) is 4.90 Å². The number of nitrogens with two attached hydrogens (primary N) is 1. The molecular weight excluding hydrogens is 152 g/mol. The lowest BCUT2D eigenvalue weighted by atomic mass is 10.0. The topological polar surface area (TPSA) is 38.5 Å². The van der Waals surface area contributed by atoms with Gasteiger partial charge in [0.2, 0.25) is 0 Å². The molecule has 0 radical (unpaired) electrons. The van der Waals surface area contributed by atoms with Gasteiger partial charge < -0.3 is 15.4 Å². The van der Waals surface area contributed by atoms with Gasteiger partial charge in [0.15, 0.2) is 0 Å². The van der Waals surface area contributed by atoms with E-state index in [0.717, 1.165) is 13.1 Å². The molecule has 1 heterocycles. The van der Waals surface area contributed by atoms with Crippen LogP contribution in [0.5, 0.6) is 0 Å². The van der Waals surface area contributed by atoms with Crippen LogP contribution in [0.3, 0.4) is 0 Å². The fourth-order valence-corrected chi connectivity index (χ4v) is 1.83. The summed E-state index contributed by atoms with van der Waals surface area (Å²) < 4.78 is 5.04. The standard InChI is InChI=1S/C9H20N2O/c1-3-11-5-4-8(6-11)9(10)7-12-2/h8-9H,3-7,10H2,1-2H3. The van der Waals surface area contributed by atoms with Gasteiger partial charge in [-0.15, -0.1) is 0 Å². The fraction of sp³-hybridized carbons (Fsp3) is 1.00. The molecule has 1 saturated heterocycles. The number of rotatable bonds is 4. The number of ether oxygens (including phenoxy) is 1. The van der Waals surface area contributed by atoms with Gasteiger partial charge in [0.05, 0.1) is 6.61 Å². The maximum absolute atomic E-state index is 5.95. The normalized spacial score (nSPS) is 27.8. The summed E-state index contributed by atoms with van der Waals surface area (Å²) in [5, 5.41) is 0. The average Bonchev–Trinajstić information content (AvgIpc) is 2.52. The smallest absolute Gasteiger partial charge is 0.0616 e. The Labute approximate surface area is 74.9 Å². The fourth-order valence-electron chi connectivity index (χ4n) is 1.83. The molecule has 3 heteroatoms. The first-order valence-corrected chi connectivity index (χ1v) is 4.74. The Bertz CT molecular complexity index is 130. The summed E-state index contributed by atoms with van der Waals surface area (Å²) in [6, 6.07) is 0.228. The molecular formula is C9H20N2O. The van der Waals surface area contributed by atoms with Gasteiger partial charge in [-0.25, -0.2) is 0 Å². The molecule has 2 unspecified atom stereocenters. The Hall–Kier alpha value is -0.120. The molecule has 0 aromatic rings. The van der Waals surface area contributed by atoms with Crippen molar-refractivity contribution < 1.29 is 4.74 Å². The number of likely N-dealkylation sites (tertiary alicyclic amines) is 1. The molecule has 0 aromatic carbocycles. The maximum Gasteiger partial charge on any atom is 0.0616 e. The lowest BCUT2D eigenvalue weighted by Gasteiger charge is -2.18. The van der Waals surface area contributed by atoms with E-state index in [1.54, 1.807) is 7.11 Å². The average molecular weight is 172 g/mol. The molecule has 0 bridgehead atoms. The van der Waals surface area contributed by atoms with E-state index < -0.39 is 0 Å². The summed E-state index contributed by atoms with van der Waals surface area (Å²) in [6.07, 6.45) is 1.23. The van der Waals surface area contributed by atoms with E-state index in [1.165, 1.54) is 13.0 Å². The van der Waals surface area contributed by atoms with Crippen molar-refractivity contribution in [3.8, 4) is 0 Å². The van der Waals surface area contributed by atoms with E-state index in [9.17, 15) is 0 Å². The van der Waals surface area contributed by atoms with Crippen LogP contribution >= 0.6 is 0 Å². The Morgan fingerprint density at radius 3 is 2.92 bits per heavy atom. The van der Waals surface area contributed by atoms with E-state index >= 15 is 0 Å². The van der Waals surface area contributed by atoms with Gasteiger partial charge in [0, 0.05) is 19.7 Å². The van der Waals surface area contributed by atoms with Crippen molar-refractivity contribution in [2.45, 2.75) is 19.4 Å². The van der Waals surface area contributed by atoms with Gasteiger partial charge in [0.1, 0.15) is 0 Å². The molecule has 1 fully saturated rings. The highest BCUT2D eigenvalue weighted by Gasteiger charge is 2.25. The van der Waals surface area contributed by atoms with Crippen molar-refractivity contribution in [2.24, 2.45) is 11.7 Å². The van der Waals surface area contributed by atoms with Crippen LogP contribution < -0.4 is 5.73 Å². The predicted molar refractivity (Wildman–Crippen MR) is 50.1 cm³/mol. The molecule has 72 valence electrons. The van der Waals surface area contributed by atoms with Crippen molar-refractivity contribution in [3.63, 3.8) is 0 Å². The van der Waals surface area contributed by atoms with Crippen LogP contribution in [0.2, 0.25) is 0 Å². The first kappa shape index (κ1) is 9.96. The van der Waals surface area contributed by atoms with Gasteiger partial charge in [-0.1, -0.05) is 6.92 Å². The maximum atomic E-state index is 5.95. The minimum atomic E-state index is 0.228. The zero-order valence-corrected chi connectivity index (χ0v) is 8.12. The molecule has 3 nitrogen and oxygen atoms in total. The Morgan fingerprint density at radius 2 is 2.42 bits per heavy atom. The first-order valence-electron chi connectivity index (χ1n) is 4.74. The monoisotopic (exact) mass is 172 g/mol. The summed E-state index contributed by atoms with van der Waals surface area (Å²) in [5.41, 5.74) is 5.95. The molecule has 0 saturated carbocycles. The highest BCUT2D eigenvalue weighted by molar-refractivity contribution is 4.82. The molecule has 2 atom stereocenters. The van der Waals surface area contributed by atoms with Crippen molar-refractivity contribution >= 4 is 0 Å². The molecule has 0 aromatic heterocycles. The quantitative estimate of drug-likeness (QED) is 0.663. The number of hydrogen-bond donors (Lipinski definition) is 1. The van der Waals surface area contributed by atoms with E-state index in [-0.39, 0.29) is 6.04 Å². The highest BCUT2D eigenvalue weighted by atomic mass is 16.5. The van der Waals surface area contributed by atoms with Crippen LogP contribution in [-0.2, 0) is 4.74 Å². The molecule has 1 rings (SSSR count). The van der Waals surface area contributed by atoms with Crippen molar-refractivity contribution in [1.29, 1.82) is 0 Å². The first-order chi connectivity index (χ1) is 5.77. The second-order valence-electron chi connectivity index (χ2n) is 3.56. The molecule has 0 aliphatic carbocycles. The predicted octanol–water partition coefficient (Wildman–Crippen LogP) is 0.302. The Morgan fingerprint density at radius 1 is 1.67 bits per heavy atom. The minimum absolute atomic E-state index is 0.228. The van der Waals surface area contributed by atoms with Crippen molar-refractivity contribution in [2.75, 3.05) is 33.4 Å². The summed E-state index contributed by atoms with van der Waals surface area (Å²) in [4.78, 5) is 2.44. The zero-order valence-electron chi connectivity index (χ0n) is 8.12. The molecule has 12 heavy (non-hydrogen) atoms. The van der Waals surface area contributed by atoms with Gasteiger partial charge in [-0.3, -0.25) is 0 Å². The summed E-state index contributed by atoms with van der Waals surface area (Å²) >= 11 is 0. The molecule has 0 spiro atoms. The zero-order chi connectivity index (χ0) is 8.97. The second-order valence-corrected chi connectivity index (χ2v) is 3.56. The van der Waals surface area contributed by atoms with Crippen molar-refractivity contribution in [3.05, 3.63) is 0 Å². The van der Waals surface area contributed by atoms with Gasteiger partial charge in [-0.05, 0) is 25.4 Å². The SMILES string of the molecule is CCN1CCC(C(N)COC)C1. The van der Waals surface area contributed by atoms with Crippen LogP contribution in [0.4, 0.5) is 0 Å². The second kappa shape index (κ2) is 4.80. The van der Waals surface area contributed by atoms with Gasteiger partial charge in [0.25, 0.3) is 0 Å². The van der Waals surface area contributed by atoms with E-state index in [0.29, 0.717) is 12.5 Å². The third kappa shape index (κ3) is 2.44. The molecule has 0 amide bonds. The summed E-state index contributed by atoms with van der Waals surface area (Å²) in [7, 11) is 1.71.